The minimum atomic E-state index is -0.289. The van der Waals surface area contributed by atoms with Gasteiger partial charge in [0.25, 0.3) is 0 Å². The minimum Gasteiger partial charge on any atom is -0.387 e. The standard InChI is InChI=1S/C16H24O2S/c1-12-6-10-19-15(12)14(17)13-5-9-18-16(11-13)7-3-2-4-8-16/h6,10,13-14,17H,2-5,7-9,11H2,1H3. The average Bonchev–Trinajstić information content (AvgIpc) is 2.85. The zero-order chi connectivity index (χ0) is 13.3. The van der Waals surface area contributed by atoms with Crippen LogP contribution in [0, 0.1) is 12.8 Å². The molecule has 1 aromatic heterocycles. The molecule has 2 fully saturated rings. The Bertz CT molecular complexity index is 415. The van der Waals surface area contributed by atoms with Crippen LogP contribution in [0.1, 0.15) is 61.5 Å². The first-order valence-electron chi connectivity index (χ1n) is 7.56. The number of hydrogen-bond donors (Lipinski definition) is 1. The van der Waals surface area contributed by atoms with Crippen molar-refractivity contribution >= 4 is 11.3 Å². The lowest BCUT2D eigenvalue weighted by Gasteiger charge is -2.44. The zero-order valence-corrected chi connectivity index (χ0v) is 12.5. The van der Waals surface area contributed by atoms with Gasteiger partial charge in [0.2, 0.25) is 0 Å². The molecule has 1 spiro atoms. The molecule has 106 valence electrons. The monoisotopic (exact) mass is 280 g/mol. The Morgan fingerprint density at radius 3 is 2.84 bits per heavy atom. The van der Waals surface area contributed by atoms with E-state index in [-0.39, 0.29) is 11.7 Å². The van der Waals surface area contributed by atoms with Gasteiger partial charge in [-0.05, 0) is 55.5 Å². The van der Waals surface area contributed by atoms with Crippen molar-refractivity contribution in [1.82, 2.24) is 0 Å². The van der Waals surface area contributed by atoms with Gasteiger partial charge in [-0.25, -0.2) is 0 Å². The third kappa shape index (κ3) is 2.74. The zero-order valence-electron chi connectivity index (χ0n) is 11.7. The van der Waals surface area contributed by atoms with Crippen molar-refractivity contribution in [2.75, 3.05) is 6.61 Å². The summed E-state index contributed by atoms with van der Waals surface area (Å²) in [6.07, 6.45) is 8.08. The third-order valence-electron chi connectivity index (χ3n) is 4.91. The molecule has 2 atom stereocenters. The van der Waals surface area contributed by atoms with Gasteiger partial charge >= 0.3 is 0 Å². The van der Waals surface area contributed by atoms with E-state index in [9.17, 15) is 5.11 Å². The van der Waals surface area contributed by atoms with Crippen LogP contribution in [-0.2, 0) is 4.74 Å². The first-order valence-corrected chi connectivity index (χ1v) is 8.44. The normalized spacial score (nSPS) is 28.4. The number of rotatable bonds is 2. The Hall–Kier alpha value is -0.380. The lowest BCUT2D eigenvalue weighted by atomic mass is 9.74. The second kappa shape index (κ2) is 5.55. The summed E-state index contributed by atoms with van der Waals surface area (Å²) in [6, 6.07) is 2.11. The van der Waals surface area contributed by atoms with Crippen LogP contribution in [0.25, 0.3) is 0 Å². The molecule has 0 bridgehead atoms. The van der Waals surface area contributed by atoms with Gasteiger partial charge in [-0.1, -0.05) is 19.3 Å². The van der Waals surface area contributed by atoms with Gasteiger partial charge in [-0.2, -0.15) is 0 Å². The molecule has 1 N–H and O–H groups in total. The maximum absolute atomic E-state index is 10.7. The quantitative estimate of drug-likeness (QED) is 0.879. The summed E-state index contributed by atoms with van der Waals surface area (Å²) in [5.74, 6) is 0.379. The van der Waals surface area contributed by atoms with Crippen molar-refractivity contribution in [3.05, 3.63) is 21.9 Å². The lowest BCUT2D eigenvalue weighted by Crippen LogP contribution is -2.42. The highest BCUT2D eigenvalue weighted by Crippen LogP contribution is 2.45. The van der Waals surface area contributed by atoms with Gasteiger partial charge in [0, 0.05) is 11.5 Å². The maximum atomic E-state index is 10.7. The Labute approximate surface area is 119 Å². The van der Waals surface area contributed by atoms with Crippen LogP contribution >= 0.6 is 11.3 Å². The summed E-state index contributed by atoms with van der Waals surface area (Å²) in [6.45, 7) is 2.93. The summed E-state index contributed by atoms with van der Waals surface area (Å²) in [5.41, 5.74) is 1.33. The van der Waals surface area contributed by atoms with Gasteiger partial charge in [-0.15, -0.1) is 11.3 Å². The molecule has 2 aliphatic rings. The summed E-state index contributed by atoms with van der Waals surface area (Å²) in [4.78, 5) is 1.16. The van der Waals surface area contributed by atoms with E-state index in [1.165, 1.54) is 37.7 Å². The van der Waals surface area contributed by atoms with Crippen LogP contribution in [-0.4, -0.2) is 17.3 Å². The summed E-state index contributed by atoms with van der Waals surface area (Å²) < 4.78 is 6.13. The van der Waals surface area contributed by atoms with E-state index in [0.29, 0.717) is 5.92 Å². The van der Waals surface area contributed by atoms with Crippen molar-refractivity contribution in [3.63, 3.8) is 0 Å². The molecule has 1 aromatic rings. The predicted molar refractivity (Wildman–Crippen MR) is 78.5 cm³/mol. The molecule has 0 radical (unpaired) electrons. The highest BCUT2D eigenvalue weighted by Gasteiger charge is 2.41. The largest absolute Gasteiger partial charge is 0.387 e. The number of ether oxygens (including phenoxy) is 1. The van der Waals surface area contributed by atoms with Gasteiger partial charge in [0.15, 0.2) is 0 Å². The van der Waals surface area contributed by atoms with Crippen molar-refractivity contribution in [2.24, 2.45) is 5.92 Å². The van der Waals surface area contributed by atoms with E-state index in [1.54, 1.807) is 11.3 Å². The molecular weight excluding hydrogens is 256 g/mol. The van der Waals surface area contributed by atoms with Crippen LogP contribution < -0.4 is 0 Å². The Morgan fingerprint density at radius 1 is 1.37 bits per heavy atom. The van der Waals surface area contributed by atoms with Crippen LogP contribution in [0.15, 0.2) is 11.4 Å². The maximum Gasteiger partial charge on any atom is 0.0914 e. The minimum absolute atomic E-state index is 0.0906. The molecule has 1 saturated heterocycles. The van der Waals surface area contributed by atoms with E-state index in [1.807, 2.05) is 0 Å². The molecule has 2 heterocycles. The number of aliphatic hydroxyl groups is 1. The van der Waals surface area contributed by atoms with Gasteiger partial charge in [0.1, 0.15) is 0 Å². The van der Waals surface area contributed by atoms with E-state index >= 15 is 0 Å². The van der Waals surface area contributed by atoms with Gasteiger partial charge in [0.05, 0.1) is 11.7 Å². The predicted octanol–water partition coefficient (Wildman–Crippen LogP) is 4.22. The first kappa shape index (κ1) is 13.6. The molecule has 3 heteroatoms. The molecule has 1 saturated carbocycles. The Kier molecular flexibility index (Phi) is 3.97. The van der Waals surface area contributed by atoms with Crippen LogP contribution in [0.4, 0.5) is 0 Å². The highest BCUT2D eigenvalue weighted by molar-refractivity contribution is 7.10. The number of aryl methyl sites for hydroxylation is 1. The van der Waals surface area contributed by atoms with E-state index < -0.39 is 0 Å². The average molecular weight is 280 g/mol. The Balaban J connectivity index is 1.72. The molecule has 2 unspecified atom stereocenters. The highest BCUT2D eigenvalue weighted by atomic mass is 32.1. The van der Waals surface area contributed by atoms with Crippen molar-refractivity contribution in [3.8, 4) is 0 Å². The summed E-state index contributed by atoms with van der Waals surface area (Å²) in [7, 11) is 0. The smallest absolute Gasteiger partial charge is 0.0914 e. The fourth-order valence-electron chi connectivity index (χ4n) is 3.78. The van der Waals surface area contributed by atoms with E-state index in [0.717, 1.165) is 24.3 Å². The van der Waals surface area contributed by atoms with E-state index in [4.69, 9.17) is 4.74 Å². The Morgan fingerprint density at radius 2 is 2.16 bits per heavy atom. The van der Waals surface area contributed by atoms with E-state index in [2.05, 4.69) is 18.4 Å². The fourth-order valence-corrected chi connectivity index (χ4v) is 4.79. The lowest BCUT2D eigenvalue weighted by molar-refractivity contribution is -0.133. The van der Waals surface area contributed by atoms with Gasteiger partial charge in [-0.3, -0.25) is 0 Å². The first-order chi connectivity index (χ1) is 9.20. The van der Waals surface area contributed by atoms with Gasteiger partial charge < -0.3 is 9.84 Å². The molecule has 0 aromatic carbocycles. The summed E-state index contributed by atoms with van der Waals surface area (Å²) in [5, 5.41) is 12.8. The van der Waals surface area contributed by atoms with Crippen molar-refractivity contribution < 1.29 is 9.84 Å². The third-order valence-corrected chi connectivity index (χ3v) is 6.00. The molecular formula is C16H24O2S. The van der Waals surface area contributed by atoms with Crippen LogP contribution in [0.2, 0.25) is 0 Å². The van der Waals surface area contributed by atoms with Crippen LogP contribution in [0.3, 0.4) is 0 Å². The molecule has 0 amide bonds. The molecule has 19 heavy (non-hydrogen) atoms. The second-order valence-corrected chi connectivity index (χ2v) is 7.21. The molecule has 3 rings (SSSR count). The SMILES string of the molecule is Cc1ccsc1C(O)C1CCOC2(CCCCC2)C1. The fraction of sp³-hybridized carbons (Fsp3) is 0.750. The number of aliphatic hydroxyl groups excluding tert-OH is 1. The second-order valence-electron chi connectivity index (χ2n) is 6.26. The topological polar surface area (TPSA) is 29.5 Å². The van der Waals surface area contributed by atoms with Crippen molar-refractivity contribution in [2.45, 2.75) is 63.6 Å². The van der Waals surface area contributed by atoms with Crippen molar-refractivity contribution in [1.29, 1.82) is 0 Å². The number of hydrogen-bond acceptors (Lipinski definition) is 3. The summed E-state index contributed by atoms with van der Waals surface area (Å²) >= 11 is 1.70. The molecule has 2 nitrogen and oxygen atoms in total. The van der Waals surface area contributed by atoms with Crippen LogP contribution in [0.5, 0.6) is 0 Å². The molecule has 1 aliphatic heterocycles. The molecule has 1 aliphatic carbocycles. The number of thiophene rings is 1.